The number of carboxylic acids is 1. The van der Waals surface area contributed by atoms with Gasteiger partial charge in [-0.3, -0.25) is 4.79 Å². The Kier molecular flexibility index (Phi) is 15.0. The molecule has 0 saturated heterocycles. The van der Waals surface area contributed by atoms with Crippen molar-refractivity contribution >= 4 is 5.97 Å². The molecule has 4 N–H and O–H groups in total. The number of hydrogen-bond acceptors (Lipinski definition) is 4. The minimum Gasteiger partial charge on any atom is -0.481 e. The summed E-state index contributed by atoms with van der Waals surface area (Å²) in [5.74, 6) is -1.52. The molecule has 0 heterocycles. The highest BCUT2D eigenvalue weighted by Gasteiger charge is 2.35. The lowest BCUT2D eigenvalue weighted by Gasteiger charge is -2.42. The van der Waals surface area contributed by atoms with Crippen molar-refractivity contribution in [3.05, 3.63) is 25.3 Å². The molecule has 0 fully saturated rings. The van der Waals surface area contributed by atoms with Crippen LogP contribution in [0.15, 0.2) is 25.3 Å². The molecule has 0 aromatic heterocycles. The minimum absolute atomic E-state index is 0.112. The van der Waals surface area contributed by atoms with Crippen molar-refractivity contribution in [2.24, 2.45) is 5.92 Å². The fraction of sp³-hybridized carbons (Fsp3) is 0.773. The molecule has 164 valence electrons. The Bertz CT molecular complexity index is 417. The molecule has 28 heavy (non-hydrogen) atoms. The second-order valence-electron chi connectivity index (χ2n) is 8.03. The standard InChI is InChI=1S/C22H41NO5/c1-4-6-8-10-12-20(25)17-23(14-15-24,16-19(3)22(27)28)18-21(26)13-11-9-7-5-2/h4-5,19-21,24-26H,1-2,6-18H2,3H3/p+1. The van der Waals surface area contributed by atoms with Crippen LogP contribution in [0.4, 0.5) is 0 Å². The molecule has 0 rings (SSSR count). The van der Waals surface area contributed by atoms with Crippen molar-refractivity contribution in [3.63, 3.8) is 0 Å². The predicted octanol–water partition coefficient (Wildman–Crippen LogP) is 2.73. The van der Waals surface area contributed by atoms with Gasteiger partial charge in [0.15, 0.2) is 0 Å². The summed E-state index contributed by atoms with van der Waals surface area (Å²) in [6.07, 6.45) is 9.23. The molecule has 3 atom stereocenters. The fourth-order valence-electron chi connectivity index (χ4n) is 3.78. The number of rotatable bonds is 19. The van der Waals surface area contributed by atoms with E-state index in [1.54, 1.807) is 6.92 Å². The van der Waals surface area contributed by atoms with E-state index in [2.05, 4.69) is 13.2 Å². The number of quaternary nitrogens is 1. The van der Waals surface area contributed by atoms with Crippen LogP contribution in [0.1, 0.15) is 58.3 Å². The lowest BCUT2D eigenvalue weighted by Crippen LogP contribution is -2.59. The SMILES string of the molecule is C=CCCCCC(O)C[N+](CCO)(CC(O)CCCCC=C)CC(C)C(=O)O. The first kappa shape index (κ1) is 26.8. The fourth-order valence-corrected chi connectivity index (χ4v) is 3.78. The smallest absolute Gasteiger partial charge is 0.311 e. The Balaban J connectivity index is 5.08. The van der Waals surface area contributed by atoms with Gasteiger partial charge in [-0.2, -0.15) is 0 Å². The lowest BCUT2D eigenvalue weighted by molar-refractivity contribution is -0.935. The number of carboxylic acid groups (broad SMARTS) is 1. The van der Waals surface area contributed by atoms with E-state index in [4.69, 9.17) is 0 Å². The molecule has 0 spiro atoms. The van der Waals surface area contributed by atoms with Crippen LogP contribution in [-0.4, -0.2) is 75.9 Å². The van der Waals surface area contributed by atoms with Gasteiger partial charge in [0.2, 0.25) is 0 Å². The van der Waals surface area contributed by atoms with Gasteiger partial charge in [-0.25, -0.2) is 0 Å². The number of aliphatic carboxylic acids is 1. The van der Waals surface area contributed by atoms with Crippen LogP contribution >= 0.6 is 0 Å². The van der Waals surface area contributed by atoms with Crippen LogP contribution in [0.2, 0.25) is 0 Å². The number of aliphatic hydroxyl groups is 3. The third kappa shape index (κ3) is 12.3. The van der Waals surface area contributed by atoms with Gasteiger partial charge in [-0.05, 0) is 45.4 Å². The largest absolute Gasteiger partial charge is 0.481 e. The van der Waals surface area contributed by atoms with Gasteiger partial charge in [0, 0.05) is 0 Å². The Labute approximate surface area is 170 Å². The Hall–Kier alpha value is -1.21. The number of allylic oxidation sites excluding steroid dienone is 2. The van der Waals surface area contributed by atoms with Gasteiger partial charge in [-0.15, -0.1) is 13.2 Å². The summed E-state index contributed by atoms with van der Waals surface area (Å²) in [5, 5.41) is 40.1. The van der Waals surface area contributed by atoms with Gasteiger partial charge in [-0.1, -0.05) is 25.0 Å². The summed E-state index contributed by atoms with van der Waals surface area (Å²) in [6, 6.07) is 0. The van der Waals surface area contributed by atoms with Gasteiger partial charge in [0.1, 0.15) is 37.8 Å². The molecule has 6 heteroatoms. The zero-order chi connectivity index (χ0) is 21.4. The third-order valence-corrected chi connectivity index (χ3v) is 5.24. The van der Waals surface area contributed by atoms with Crippen LogP contribution in [0, 0.1) is 5.92 Å². The Morgan fingerprint density at radius 3 is 1.75 bits per heavy atom. The molecule has 0 aliphatic carbocycles. The monoisotopic (exact) mass is 400 g/mol. The minimum atomic E-state index is -0.901. The number of hydrogen-bond donors (Lipinski definition) is 4. The van der Waals surface area contributed by atoms with E-state index in [1.807, 2.05) is 12.2 Å². The average Bonchev–Trinajstić information content (AvgIpc) is 2.62. The molecule has 0 aromatic carbocycles. The molecule has 0 saturated carbocycles. The number of aliphatic hydroxyl groups excluding tert-OH is 3. The highest BCUT2D eigenvalue weighted by atomic mass is 16.4. The van der Waals surface area contributed by atoms with E-state index in [0.29, 0.717) is 32.5 Å². The number of nitrogens with zero attached hydrogens (tertiary/aromatic N) is 1. The quantitative estimate of drug-likeness (QED) is 0.152. The van der Waals surface area contributed by atoms with E-state index in [-0.39, 0.29) is 17.6 Å². The highest BCUT2D eigenvalue weighted by molar-refractivity contribution is 5.69. The van der Waals surface area contributed by atoms with Crippen LogP contribution in [0.3, 0.4) is 0 Å². The molecule has 0 aliphatic rings. The molecular formula is C22H42NO5+. The van der Waals surface area contributed by atoms with Crippen molar-refractivity contribution in [3.8, 4) is 0 Å². The van der Waals surface area contributed by atoms with Crippen LogP contribution in [0.5, 0.6) is 0 Å². The van der Waals surface area contributed by atoms with Crippen molar-refractivity contribution < 1.29 is 29.7 Å². The average molecular weight is 401 g/mol. The summed E-state index contributed by atoms with van der Waals surface area (Å²) >= 11 is 0. The first-order chi connectivity index (χ1) is 13.3. The van der Waals surface area contributed by atoms with Gasteiger partial charge in [0.05, 0.1) is 13.2 Å². The first-order valence-electron chi connectivity index (χ1n) is 10.6. The Morgan fingerprint density at radius 1 is 0.929 bits per heavy atom. The summed E-state index contributed by atoms with van der Waals surface area (Å²) in [7, 11) is 0. The van der Waals surface area contributed by atoms with Crippen LogP contribution in [-0.2, 0) is 4.79 Å². The number of carbonyl (C=O) groups is 1. The van der Waals surface area contributed by atoms with Gasteiger partial charge < -0.3 is 24.9 Å². The maximum Gasteiger partial charge on any atom is 0.311 e. The summed E-state index contributed by atoms with van der Waals surface area (Å²) < 4.78 is 0.217. The van der Waals surface area contributed by atoms with Crippen LogP contribution < -0.4 is 0 Å². The Morgan fingerprint density at radius 2 is 1.39 bits per heavy atom. The van der Waals surface area contributed by atoms with Crippen molar-refractivity contribution in [1.82, 2.24) is 0 Å². The molecular weight excluding hydrogens is 358 g/mol. The molecule has 0 aromatic rings. The molecule has 0 amide bonds. The van der Waals surface area contributed by atoms with Crippen molar-refractivity contribution in [2.75, 3.05) is 32.8 Å². The summed E-state index contributed by atoms with van der Waals surface area (Å²) in [4.78, 5) is 11.4. The molecule has 0 radical (unpaired) electrons. The zero-order valence-corrected chi connectivity index (χ0v) is 17.6. The van der Waals surface area contributed by atoms with Gasteiger partial charge in [0.25, 0.3) is 0 Å². The van der Waals surface area contributed by atoms with Gasteiger partial charge >= 0.3 is 5.97 Å². The predicted molar refractivity (Wildman–Crippen MR) is 113 cm³/mol. The molecule has 0 aliphatic heterocycles. The van der Waals surface area contributed by atoms with E-state index >= 15 is 0 Å². The van der Waals surface area contributed by atoms with Crippen LogP contribution in [0.25, 0.3) is 0 Å². The first-order valence-corrected chi connectivity index (χ1v) is 10.6. The van der Waals surface area contributed by atoms with E-state index < -0.39 is 24.1 Å². The van der Waals surface area contributed by atoms with E-state index in [1.165, 1.54) is 0 Å². The van der Waals surface area contributed by atoms with E-state index in [9.17, 15) is 25.2 Å². The highest BCUT2D eigenvalue weighted by Crippen LogP contribution is 2.19. The zero-order valence-electron chi connectivity index (χ0n) is 17.6. The normalized spacial score (nSPS) is 16.7. The number of unbranched alkanes of at least 4 members (excludes halogenated alkanes) is 4. The lowest BCUT2D eigenvalue weighted by atomic mass is 10.0. The second kappa shape index (κ2) is 15.7. The molecule has 6 nitrogen and oxygen atoms in total. The maximum atomic E-state index is 11.4. The summed E-state index contributed by atoms with van der Waals surface area (Å²) in [5.41, 5.74) is 0. The maximum absolute atomic E-state index is 11.4. The topological polar surface area (TPSA) is 98.0 Å². The molecule has 0 bridgehead atoms. The molecule has 3 unspecified atom stereocenters. The second-order valence-corrected chi connectivity index (χ2v) is 8.03. The third-order valence-electron chi connectivity index (χ3n) is 5.24. The summed E-state index contributed by atoms with van der Waals surface area (Å²) in [6.45, 7) is 10.2. The van der Waals surface area contributed by atoms with Crippen molar-refractivity contribution in [2.45, 2.75) is 70.5 Å². The van der Waals surface area contributed by atoms with E-state index in [0.717, 1.165) is 38.5 Å². The van der Waals surface area contributed by atoms with Crippen molar-refractivity contribution in [1.29, 1.82) is 0 Å².